The van der Waals surface area contributed by atoms with Crippen LogP contribution in [0, 0.1) is 11.8 Å². The molecule has 1 aliphatic rings. The zero-order valence-corrected chi connectivity index (χ0v) is 15.4. The molecule has 1 aromatic rings. The number of carboxylic acid groups (broad SMARTS) is 1. The van der Waals surface area contributed by atoms with Gasteiger partial charge in [0.2, 0.25) is 0 Å². The second-order valence-corrected chi connectivity index (χ2v) is 7.21. The maximum absolute atomic E-state index is 13.2. The van der Waals surface area contributed by atoms with Gasteiger partial charge in [-0.2, -0.15) is 26.3 Å². The van der Waals surface area contributed by atoms with Gasteiger partial charge < -0.3 is 5.11 Å². The summed E-state index contributed by atoms with van der Waals surface area (Å²) in [6.45, 7) is 2.34. The maximum Gasteiger partial charge on any atom is 0.416 e. The van der Waals surface area contributed by atoms with Crippen molar-refractivity contribution in [3.8, 4) is 0 Å². The average molecular weight is 411 g/mol. The Morgan fingerprint density at radius 3 is 2.21 bits per heavy atom. The molecule has 1 N–H and O–H groups in total. The second kappa shape index (κ2) is 8.71. The van der Waals surface area contributed by atoms with Gasteiger partial charge in [-0.25, -0.2) is 0 Å². The highest BCUT2D eigenvalue weighted by molar-refractivity contribution is 5.70. The van der Waals surface area contributed by atoms with E-state index in [4.69, 9.17) is 0 Å². The van der Waals surface area contributed by atoms with Crippen molar-refractivity contribution in [2.45, 2.75) is 51.5 Å². The number of carboxylic acids is 1. The number of likely N-dealkylation sites (tertiary alicyclic amines) is 1. The lowest BCUT2D eigenvalue weighted by molar-refractivity contribution is -0.145. The predicted molar refractivity (Wildman–Crippen MR) is 90.5 cm³/mol. The molecule has 0 aromatic heterocycles. The maximum atomic E-state index is 13.2. The van der Waals surface area contributed by atoms with E-state index in [0.717, 1.165) is 6.42 Å². The van der Waals surface area contributed by atoms with Crippen LogP contribution < -0.4 is 0 Å². The summed E-state index contributed by atoms with van der Waals surface area (Å²) in [6, 6.07) is 1.49. The Kier molecular flexibility index (Phi) is 7.01. The van der Waals surface area contributed by atoms with Crippen LogP contribution in [0.4, 0.5) is 26.3 Å². The van der Waals surface area contributed by atoms with Gasteiger partial charge in [-0.05, 0) is 62.0 Å². The first-order valence-electron chi connectivity index (χ1n) is 9.16. The van der Waals surface area contributed by atoms with Gasteiger partial charge in [0.1, 0.15) is 0 Å². The van der Waals surface area contributed by atoms with Gasteiger partial charge in [0, 0.05) is 6.54 Å². The molecule has 1 unspecified atom stereocenters. The molecule has 1 aromatic carbocycles. The van der Waals surface area contributed by atoms with E-state index >= 15 is 0 Å². The minimum Gasteiger partial charge on any atom is -0.481 e. The largest absolute Gasteiger partial charge is 0.481 e. The van der Waals surface area contributed by atoms with Crippen molar-refractivity contribution < 1.29 is 36.2 Å². The molecular weight excluding hydrogens is 388 g/mol. The van der Waals surface area contributed by atoms with Crippen molar-refractivity contribution in [1.82, 2.24) is 4.90 Å². The number of aliphatic carboxylic acids is 1. The van der Waals surface area contributed by atoms with E-state index in [2.05, 4.69) is 0 Å². The van der Waals surface area contributed by atoms with E-state index in [1.807, 2.05) is 6.92 Å². The van der Waals surface area contributed by atoms with E-state index in [-0.39, 0.29) is 12.5 Å². The molecule has 0 spiro atoms. The molecule has 0 radical (unpaired) electrons. The third kappa shape index (κ3) is 5.62. The van der Waals surface area contributed by atoms with Crippen LogP contribution >= 0.6 is 0 Å². The van der Waals surface area contributed by atoms with E-state index in [1.165, 1.54) is 0 Å². The third-order valence-corrected chi connectivity index (χ3v) is 5.25. The Hall–Kier alpha value is -1.77. The summed E-state index contributed by atoms with van der Waals surface area (Å²) < 4.78 is 78.4. The van der Waals surface area contributed by atoms with Gasteiger partial charge in [0.05, 0.1) is 17.0 Å². The number of halogens is 6. The molecule has 0 saturated carbocycles. The zero-order chi connectivity index (χ0) is 21.1. The summed E-state index contributed by atoms with van der Waals surface area (Å²) in [7, 11) is 0. The highest BCUT2D eigenvalue weighted by Gasteiger charge is 2.38. The number of carbonyl (C=O) groups is 1. The SMILES string of the molecule is CCCC(C(=O)O)C1CCN(Cc2cc(C(F)(F)F)ccc2C(F)(F)F)CC1. The molecule has 1 saturated heterocycles. The Morgan fingerprint density at radius 1 is 1.14 bits per heavy atom. The molecule has 0 amide bonds. The number of alkyl halides is 6. The molecule has 2 rings (SSSR count). The number of piperidine rings is 1. The van der Waals surface area contributed by atoms with Gasteiger partial charge in [-0.15, -0.1) is 0 Å². The van der Waals surface area contributed by atoms with E-state index in [9.17, 15) is 36.2 Å². The molecule has 1 aliphatic heterocycles. The fraction of sp³-hybridized carbons (Fsp3) is 0.632. The fourth-order valence-electron chi connectivity index (χ4n) is 3.80. The Bertz CT molecular complexity index is 678. The van der Waals surface area contributed by atoms with Gasteiger partial charge in [0.15, 0.2) is 0 Å². The van der Waals surface area contributed by atoms with Crippen molar-refractivity contribution in [3.05, 3.63) is 34.9 Å². The standard InChI is InChI=1S/C19H23F6NO2/c1-2-3-15(17(27)28)12-6-8-26(9-7-12)11-13-10-14(18(20,21)22)4-5-16(13)19(23,24)25/h4-5,10,12,15H,2-3,6-9,11H2,1H3,(H,27,28). The minimum absolute atomic E-state index is 0.0719. The summed E-state index contributed by atoms with van der Waals surface area (Å²) in [6.07, 6.45) is -7.22. The fourth-order valence-corrected chi connectivity index (χ4v) is 3.80. The summed E-state index contributed by atoms with van der Waals surface area (Å²) >= 11 is 0. The van der Waals surface area contributed by atoms with Crippen LogP contribution in [0.15, 0.2) is 18.2 Å². The summed E-state index contributed by atoms with van der Waals surface area (Å²) in [5.41, 5.74) is -2.60. The summed E-state index contributed by atoms with van der Waals surface area (Å²) in [5, 5.41) is 9.35. The summed E-state index contributed by atoms with van der Waals surface area (Å²) in [5.74, 6) is -1.44. The quantitative estimate of drug-likeness (QED) is 0.634. The van der Waals surface area contributed by atoms with Crippen LogP contribution in [0.5, 0.6) is 0 Å². The Balaban J connectivity index is 2.14. The number of nitrogens with zero attached hydrogens (tertiary/aromatic N) is 1. The Labute approximate surface area is 159 Å². The molecule has 0 aliphatic carbocycles. The van der Waals surface area contributed by atoms with Gasteiger partial charge >= 0.3 is 18.3 Å². The zero-order valence-electron chi connectivity index (χ0n) is 15.4. The van der Waals surface area contributed by atoms with Crippen LogP contribution in [0.25, 0.3) is 0 Å². The van der Waals surface area contributed by atoms with Crippen molar-refractivity contribution >= 4 is 5.97 Å². The molecule has 9 heteroatoms. The van der Waals surface area contributed by atoms with Crippen LogP contribution in [-0.2, 0) is 23.7 Å². The molecule has 1 atom stereocenters. The predicted octanol–water partition coefficient (Wildman–Crippen LogP) is 5.44. The molecule has 3 nitrogen and oxygen atoms in total. The lowest BCUT2D eigenvalue weighted by atomic mass is 9.81. The third-order valence-electron chi connectivity index (χ3n) is 5.25. The lowest BCUT2D eigenvalue weighted by Crippen LogP contribution is -2.38. The first kappa shape index (κ1) is 22.5. The van der Waals surface area contributed by atoms with Crippen LogP contribution in [-0.4, -0.2) is 29.1 Å². The van der Waals surface area contributed by atoms with Crippen LogP contribution in [0.2, 0.25) is 0 Å². The first-order chi connectivity index (χ1) is 12.9. The van der Waals surface area contributed by atoms with E-state index in [0.29, 0.717) is 50.6 Å². The topological polar surface area (TPSA) is 40.5 Å². The lowest BCUT2D eigenvalue weighted by Gasteiger charge is -2.35. The monoisotopic (exact) mass is 411 g/mol. The number of hydrogen-bond acceptors (Lipinski definition) is 2. The average Bonchev–Trinajstić information content (AvgIpc) is 2.58. The van der Waals surface area contributed by atoms with Crippen molar-refractivity contribution in [1.29, 1.82) is 0 Å². The summed E-state index contributed by atoms with van der Waals surface area (Å²) in [4.78, 5) is 13.1. The Morgan fingerprint density at radius 2 is 1.75 bits per heavy atom. The normalized spacial score (nSPS) is 18.2. The molecule has 28 heavy (non-hydrogen) atoms. The molecule has 0 bridgehead atoms. The minimum atomic E-state index is -4.74. The molecule has 1 fully saturated rings. The second-order valence-electron chi connectivity index (χ2n) is 7.21. The highest BCUT2D eigenvalue weighted by Crippen LogP contribution is 2.37. The number of benzene rings is 1. The van der Waals surface area contributed by atoms with E-state index < -0.39 is 40.9 Å². The van der Waals surface area contributed by atoms with Crippen molar-refractivity contribution in [2.24, 2.45) is 11.8 Å². The van der Waals surface area contributed by atoms with Gasteiger partial charge in [-0.3, -0.25) is 9.69 Å². The van der Waals surface area contributed by atoms with Crippen LogP contribution in [0.1, 0.15) is 49.3 Å². The van der Waals surface area contributed by atoms with Gasteiger partial charge in [0.25, 0.3) is 0 Å². The van der Waals surface area contributed by atoms with Crippen LogP contribution in [0.3, 0.4) is 0 Å². The molecule has 1 heterocycles. The molecule has 158 valence electrons. The van der Waals surface area contributed by atoms with E-state index in [1.54, 1.807) is 4.90 Å². The molecular formula is C19H23F6NO2. The highest BCUT2D eigenvalue weighted by atomic mass is 19.4. The smallest absolute Gasteiger partial charge is 0.416 e. The van der Waals surface area contributed by atoms with Crippen molar-refractivity contribution in [3.63, 3.8) is 0 Å². The number of rotatable bonds is 6. The van der Waals surface area contributed by atoms with Gasteiger partial charge in [-0.1, -0.05) is 13.3 Å². The number of hydrogen-bond donors (Lipinski definition) is 1. The van der Waals surface area contributed by atoms with Crippen molar-refractivity contribution in [2.75, 3.05) is 13.1 Å². The first-order valence-corrected chi connectivity index (χ1v) is 9.16.